The van der Waals surface area contributed by atoms with Gasteiger partial charge < -0.3 is 9.47 Å². The molecule has 0 amide bonds. The van der Waals surface area contributed by atoms with Gasteiger partial charge in [0, 0.05) is 11.6 Å². The van der Waals surface area contributed by atoms with Gasteiger partial charge in [0.2, 0.25) is 0 Å². The van der Waals surface area contributed by atoms with Crippen molar-refractivity contribution in [3.8, 4) is 5.75 Å². The van der Waals surface area contributed by atoms with Crippen LogP contribution in [0.4, 0.5) is 0 Å². The third-order valence-electron chi connectivity index (χ3n) is 2.97. The van der Waals surface area contributed by atoms with Gasteiger partial charge in [-0.15, -0.1) is 0 Å². The number of esters is 1. The van der Waals surface area contributed by atoms with Crippen LogP contribution in [0, 0.1) is 5.41 Å². The second-order valence-corrected chi connectivity index (χ2v) is 4.62. The largest absolute Gasteiger partial charge is 0.497 e. The summed E-state index contributed by atoms with van der Waals surface area (Å²) in [5.74, 6) is 0.213. The molecule has 94 valence electrons. The van der Waals surface area contributed by atoms with Crippen molar-refractivity contribution >= 4 is 17.5 Å². The molecule has 0 atom stereocenters. The Hall–Kier alpha value is -2.10. The number of rotatable bonds is 2. The number of carbonyl (C=O) groups is 2. The molecule has 0 saturated heterocycles. The summed E-state index contributed by atoms with van der Waals surface area (Å²) in [6, 6.07) is 6.97. The minimum absolute atomic E-state index is 0.246. The standard InChI is InChI=1S/C14H14O4/c1-14(2)12(15)8-11(18-13(14)16)9-4-6-10(17-3)7-5-9/h4-8H,1-3H3. The summed E-state index contributed by atoms with van der Waals surface area (Å²) >= 11 is 0. The van der Waals surface area contributed by atoms with Gasteiger partial charge in [0.1, 0.15) is 16.9 Å². The van der Waals surface area contributed by atoms with E-state index in [1.54, 1.807) is 45.2 Å². The highest BCUT2D eigenvalue weighted by Gasteiger charge is 2.40. The molecule has 0 radical (unpaired) electrons. The van der Waals surface area contributed by atoms with E-state index in [1.807, 2.05) is 0 Å². The van der Waals surface area contributed by atoms with Crippen molar-refractivity contribution in [1.29, 1.82) is 0 Å². The van der Waals surface area contributed by atoms with Crippen LogP contribution in [0.25, 0.3) is 5.76 Å². The normalized spacial score (nSPS) is 18.1. The molecule has 0 unspecified atom stereocenters. The van der Waals surface area contributed by atoms with Gasteiger partial charge in [0.25, 0.3) is 0 Å². The molecule has 0 fully saturated rings. The van der Waals surface area contributed by atoms with E-state index < -0.39 is 11.4 Å². The molecule has 0 saturated carbocycles. The Morgan fingerprint density at radius 2 is 1.72 bits per heavy atom. The van der Waals surface area contributed by atoms with Gasteiger partial charge in [-0.05, 0) is 38.1 Å². The van der Waals surface area contributed by atoms with Crippen LogP contribution in [-0.4, -0.2) is 18.9 Å². The molecule has 0 N–H and O–H groups in total. The Kier molecular flexibility index (Phi) is 2.95. The molecule has 0 spiro atoms. The smallest absolute Gasteiger partial charge is 0.324 e. The second kappa shape index (κ2) is 4.29. The van der Waals surface area contributed by atoms with Crippen LogP contribution >= 0.6 is 0 Å². The maximum Gasteiger partial charge on any atom is 0.324 e. The number of allylic oxidation sites excluding steroid dienone is 1. The van der Waals surface area contributed by atoms with Gasteiger partial charge >= 0.3 is 5.97 Å². The first kappa shape index (κ1) is 12.4. The maximum absolute atomic E-state index is 11.8. The Morgan fingerprint density at radius 3 is 2.22 bits per heavy atom. The predicted octanol–water partition coefficient (Wildman–Crippen LogP) is 2.19. The topological polar surface area (TPSA) is 52.6 Å². The highest BCUT2D eigenvalue weighted by atomic mass is 16.5. The lowest BCUT2D eigenvalue weighted by molar-refractivity contribution is -0.152. The molecule has 1 aromatic rings. The molecule has 1 aliphatic rings. The van der Waals surface area contributed by atoms with Crippen molar-refractivity contribution in [1.82, 2.24) is 0 Å². The summed E-state index contributed by atoms with van der Waals surface area (Å²) in [7, 11) is 1.57. The molecule has 2 rings (SSSR count). The lowest BCUT2D eigenvalue weighted by atomic mass is 9.86. The maximum atomic E-state index is 11.8. The fourth-order valence-corrected chi connectivity index (χ4v) is 1.55. The lowest BCUT2D eigenvalue weighted by Crippen LogP contribution is -2.37. The fourth-order valence-electron chi connectivity index (χ4n) is 1.55. The Balaban J connectivity index is 2.34. The summed E-state index contributed by atoms with van der Waals surface area (Å²) in [6.07, 6.45) is 1.36. The molecular weight excluding hydrogens is 232 g/mol. The summed E-state index contributed by atoms with van der Waals surface area (Å²) in [5, 5.41) is 0. The van der Waals surface area contributed by atoms with Crippen LogP contribution in [0.2, 0.25) is 0 Å². The SMILES string of the molecule is COc1ccc(C2=CC(=O)C(C)(C)C(=O)O2)cc1. The number of ketones is 1. The Labute approximate surface area is 105 Å². The van der Waals surface area contributed by atoms with Crippen molar-refractivity contribution in [3.05, 3.63) is 35.9 Å². The van der Waals surface area contributed by atoms with Crippen LogP contribution in [-0.2, 0) is 14.3 Å². The number of carbonyl (C=O) groups excluding carboxylic acids is 2. The number of cyclic esters (lactones) is 1. The number of methoxy groups -OCH3 is 1. The average molecular weight is 246 g/mol. The van der Waals surface area contributed by atoms with Crippen LogP contribution in [0.1, 0.15) is 19.4 Å². The minimum atomic E-state index is -1.10. The lowest BCUT2D eigenvalue weighted by Gasteiger charge is -2.25. The number of benzene rings is 1. The van der Waals surface area contributed by atoms with Crippen molar-refractivity contribution in [3.63, 3.8) is 0 Å². The van der Waals surface area contributed by atoms with E-state index in [9.17, 15) is 9.59 Å². The number of ether oxygens (including phenoxy) is 2. The zero-order valence-electron chi connectivity index (χ0n) is 10.5. The van der Waals surface area contributed by atoms with Gasteiger partial charge in [-0.25, -0.2) is 0 Å². The average Bonchev–Trinajstić information content (AvgIpc) is 2.36. The van der Waals surface area contributed by atoms with E-state index in [4.69, 9.17) is 9.47 Å². The first-order valence-electron chi connectivity index (χ1n) is 5.58. The third-order valence-corrected chi connectivity index (χ3v) is 2.97. The fraction of sp³-hybridized carbons (Fsp3) is 0.286. The first-order valence-corrected chi connectivity index (χ1v) is 5.58. The van der Waals surface area contributed by atoms with E-state index in [0.717, 1.165) is 0 Å². The van der Waals surface area contributed by atoms with E-state index in [1.165, 1.54) is 6.08 Å². The Bertz CT molecular complexity index is 523. The van der Waals surface area contributed by atoms with E-state index >= 15 is 0 Å². The van der Waals surface area contributed by atoms with Crippen LogP contribution in [0.3, 0.4) is 0 Å². The number of hydrogen-bond donors (Lipinski definition) is 0. The molecule has 1 aromatic carbocycles. The Morgan fingerprint density at radius 1 is 1.11 bits per heavy atom. The minimum Gasteiger partial charge on any atom is -0.497 e. The molecule has 0 aromatic heterocycles. The van der Waals surface area contributed by atoms with Gasteiger partial charge in [0.05, 0.1) is 7.11 Å². The third kappa shape index (κ3) is 2.01. The summed E-state index contributed by atoms with van der Waals surface area (Å²) in [5.41, 5.74) is -0.427. The molecule has 4 nitrogen and oxygen atoms in total. The van der Waals surface area contributed by atoms with Crippen LogP contribution in [0.15, 0.2) is 30.3 Å². The molecule has 1 heterocycles. The molecule has 4 heteroatoms. The zero-order valence-corrected chi connectivity index (χ0v) is 10.5. The first-order chi connectivity index (χ1) is 8.45. The monoisotopic (exact) mass is 246 g/mol. The highest BCUT2D eigenvalue weighted by Crippen LogP contribution is 2.31. The highest BCUT2D eigenvalue weighted by molar-refractivity contribution is 6.14. The van der Waals surface area contributed by atoms with Gasteiger partial charge in [-0.2, -0.15) is 0 Å². The zero-order chi connectivity index (χ0) is 13.3. The molecule has 1 aliphatic heterocycles. The van der Waals surface area contributed by atoms with Crippen molar-refractivity contribution < 1.29 is 19.1 Å². The predicted molar refractivity (Wildman–Crippen MR) is 65.9 cm³/mol. The van der Waals surface area contributed by atoms with Crippen LogP contribution in [0.5, 0.6) is 5.75 Å². The van der Waals surface area contributed by atoms with Crippen molar-refractivity contribution in [2.45, 2.75) is 13.8 Å². The van der Waals surface area contributed by atoms with E-state index in [-0.39, 0.29) is 11.5 Å². The number of hydrogen-bond acceptors (Lipinski definition) is 4. The quantitative estimate of drug-likeness (QED) is 0.593. The van der Waals surface area contributed by atoms with Crippen molar-refractivity contribution in [2.75, 3.05) is 7.11 Å². The molecular formula is C14H14O4. The van der Waals surface area contributed by atoms with Gasteiger partial charge in [-0.3, -0.25) is 9.59 Å². The van der Waals surface area contributed by atoms with E-state index in [0.29, 0.717) is 11.3 Å². The summed E-state index contributed by atoms with van der Waals surface area (Å²) in [6.45, 7) is 3.11. The molecule has 18 heavy (non-hydrogen) atoms. The second-order valence-electron chi connectivity index (χ2n) is 4.62. The van der Waals surface area contributed by atoms with Crippen LogP contribution < -0.4 is 4.74 Å². The van der Waals surface area contributed by atoms with Crippen molar-refractivity contribution in [2.24, 2.45) is 5.41 Å². The molecule has 0 aliphatic carbocycles. The summed E-state index contributed by atoms with van der Waals surface area (Å²) in [4.78, 5) is 23.6. The molecule has 0 bridgehead atoms. The summed E-state index contributed by atoms with van der Waals surface area (Å²) < 4.78 is 10.2. The van der Waals surface area contributed by atoms with Gasteiger partial charge in [-0.1, -0.05) is 0 Å². The van der Waals surface area contributed by atoms with Gasteiger partial charge in [0.15, 0.2) is 5.78 Å². The van der Waals surface area contributed by atoms with E-state index in [2.05, 4.69) is 0 Å².